The number of hydrogen-bond donors (Lipinski definition) is 2. The molecule has 0 fully saturated rings. The summed E-state index contributed by atoms with van der Waals surface area (Å²) >= 11 is 0. The lowest BCUT2D eigenvalue weighted by atomic mass is 9.87. The van der Waals surface area contributed by atoms with Crippen molar-refractivity contribution in [3.8, 4) is 0 Å². The second-order valence-electron chi connectivity index (χ2n) is 6.97. The average Bonchev–Trinajstić information content (AvgIpc) is 2.42. The number of hydrogen-bond acceptors (Lipinski definition) is 2. The maximum Gasteiger partial charge on any atom is 0.0431 e. The van der Waals surface area contributed by atoms with Gasteiger partial charge in [-0.25, -0.2) is 0 Å². The Balaban J connectivity index is 2.62. The molecule has 1 unspecified atom stereocenters. The van der Waals surface area contributed by atoms with Gasteiger partial charge in [0.15, 0.2) is 0 Å². The fourth-order valence-corrected chi connectivity index (χ4v) is 2.54. The summed E-state index contributed by atoms with van der Waals surface area (Å²) < 4.78 is 0. The Bertz CT molecular complexity index is 359. The maximum atomic E-state index is 8.98. The Kier molecular flexibility index (Phi) is 7.25. The topological polar surface area (TPSA) is 32.3 Å². The van der Waals surface area contributed by atoms with E-state index < -0.39 is 0 Å². The first kappa shape index (κ1) is 17.2. The second kappa shape index (κ2) is 8.43. The van der Waals surface area contributed by atoms with Gasteiger partial charge in [0.05, 0.1) is 0 Å². The Labute approximate surface area is 124 Å². The largest absolute Gasteiger partial charge is 0.396 e. The van der Waals surface area contributed by atoms with Crippen LogP contribution in [0.15, 0.2) is 30.3 Å². The van der Waals surface area contributed by atoms with Gasteiger partial charge < -0.3 is 10.4 Å². The average molecular weight is 277 g/mol. The molecule has 114 valence electrons. The Morgan fingerprint density at radius 2 is 1.80 bits per heavy atom. The summed E-state index contributed by atoms with van der Waals surface area (Å²) in [5.74, 6) is 0.674. The van der Waals surface area contributed by atoms with Crippen molar-refractivity contribution < 1.29 is 5.11 Å². The SMILES string of the molecule is CC(C)CC(NCC(C)(C)CCCO)c1ccccc1. The van der Waals surface area contributed by atoms with Crippen LogP contribution in [0.3, 0.4) is 0 Å². The minimum Gasteiger partial charge on any atom is -0.396 e. The van der Waals surface area contributed by atoms with Crippen LogP contribution in [-0.4, -0.2) is 18.3 Å². The van der Waals surface area contributed by atoms with Crippen molar-refractivity contribution >= 4 is 0 Å². The Morgan fingerprint density at radius 3 is 2.35 bits per heavy atom. The van der Waals surface area contributed by atoms with Gasteiger partial charge in [0.1, 0.15) is 0 Å². The molecular formula is C18H31NO. The smallest absolute Gasteiger partial charge is 0.0431 e. The highest BCUT2D eigenvalue weighted by Crippen LogP contribution is 2.25. The zero-order valence-corrected chi connectivity index (χ0v) is 13.5. The van der Waals surface area contributed by atoms with Crippen LogP contribution < -0.4 is 5.32 Å². The van der Waals surface area contributed by atoms with Crippen molar-refractivity contribution in [2.75, 3.05) is 13.2 Å². The molecule has 0 aliphatic carbocycles. The molecule has 0 bridgehead atoms. The second-order valence-corrected chi connectivity index (χ2v) is 6.97. The summed E-state index contributed by atoms with van der Waals surface area (Å²) in [5, 5.41) is 12.7. The quantitative estimate of drug-likeness (QED) is 0.710. The number of nitrogens with one attached hydrogen (secondary N) is 1. The maximum absolute atomic E-state index is 8.98. The van der Waals surface area contributed by atoms with Crippen molar-refractivity contribution in [2.45, 2.75) is 53.0 Å². The summed E-state index contributed by atoms with van der Waals surface area (Å²) in [7, 11) is 0. The summed E-state index contributed by atoms with van der Waals surface area (Å²) in [5.41, 5.74) is 1.60. The molecule has 0 aliphatic heterocycles. The van der Waals surface area contributed by atoms with Gasteiger partial charge in [-0.05, 0) is 36.2 Å². The van der Waals surface area contributed by atoms with Crippen LogP contribution in [0, 0.1) is 11.3 Å². The predicted octanol–water partition coefficient (Wildman–Crippen LogP) is 4.16. The molecule has 2 N–H and O–H groups in total. The Hall–Kier alpha value is -0.860. The number of rotatable bonds is 9. The first-order valence-corrected chi connectivity index (χ1v) is 7.84. The van der Waals surface area contributed by atoms with E-state index in [4.69, 9.17) is 5.11 Å². The highest BCUT2D eigenvalue weighted by atomic mass is 16.2. The van der Waals surface area contributed by atoms with Crippen LogP contribution in [0.2, 0.25) is 0 Å². The molecule has 0 amide bonds. The normalized spacial score (nSPS) is 13.7. The van der Waals surface area contributed by atoms with Crippen molar-refractivity contribution in [1.82, 2.24) is 5.32 Å². The molecule has 0 saturated heterocycles. The fourth-order valence-electron chi connectivity index (χ4n) is 2.54. The van der Waals surface area contributed by atoms with E-state index in [0.717, 1.165) is 25.8 Å². The highest BCUT2D eigenvalue weighted by Gasteiger charge is 2.20. The molecule has 20 heavy (non-hydrogen) atoms. The van der Waals surface area contributed by atoms with Crippen LogP contribution in [0.5, 0.6) is 0 Å². The molecule has 1 atom stereocenters. The molecule has 0 saturated carbocycles. The number of benzene rings is 1. The van der Waals surface area contributed by atoms with Crippen molar-refractivity contribution in [1.29, 1.82) is 0 Å². The van der Waals surface area contributed by atoms with Crippen LogP contribution in [0.4, 0.5) is 0 Å². The molecule has 1 rings (SSSR count). The predicted molar refractivity (Wildman–Crippen MR) is 86.7 cm³/mol. The van der Waals surface area contributed by atoms with E-state index in [2.05, 4.69) is 63.3 Å². The summed E-state index contributed by atoms with van der Waals surface area (Å²) in [6.07, 6.45) is 3.09. The molecule has 0 heterocycles. The van der Waals surface area contributed by atoms with Crippen LogP contribution >= 0.6 is 0 Å². The van der Waals surface area contributed by atoms with E-state index >= 15 is 0 Å². The fraction of sp³-hybridized carbons (Fsp3) is 0.667. The van der Waals surface area contributed by atoms with Gasteiger partial charge in [-0.15, -0.1) is 0 Å². The minimum absolute atomic E-state index is 0.229. The summed E-state index contributed by atoms with van der Waals surface area (Å²) in [6, 6.07) is 11.1. The Morgan fingerprint density at radius 1 is 1.15 bits per heavy atom. The minimum atomic E-state index is 0.229. The van der Waals surface area contributed by atoms with Gasteiger partial charge in [0.2, 0.25) is 0 Å². The third kappa shape index (κ3) is 6.53. The molecule has 0 spiro atoms. The zero-order valence-electron chi connectivity index (χ0n) is 13.5. The van der Waals surface area contributed by atoms with E-state index in [0.29, 0.717) is 12.0 Å². The molecule has 0 aliphatic rings. The molecule has 1 aromatic carbocycles. The van der Waals surface area contributed by atoms with Crippen LogP contribution in [0.25, 0.3) is 0 Å². The van der Waals surface area contributed by atoms with Gasteiger partial charge in [0, 0.05) is 19.2 Å². The summed E-state index contributed by atoms with van der Waals surface area (Å²) in [4.78, 5) is 0. The van der Waals surface area contributed by atoms with Gasteiger partial charge >= 0.3 is 0 Å². The van der Waals surface area contributed by atoms with Crippen LogP contribution in [-0.2, 0) is 0 Å². The van der Waals surface area contributed by atoms with E-state index in [1.165, 1.54) is 5.56 Å². The molecule has 0 aromatic heterocycles. The highest BCUT2D eigenvalue weighted by molar-refractivity contribution is 5.19. The van der Waals surface area contributed by atoms with Gasteiger partial charge in [-0.3, -0.25) is 0 Å². The van der Waals surface area contributed by atoms with Gasteiger partial charge in [-0.1, -0.05) is 58.0 Å². The first-order chi connectivity index (χ1) is 9.44. The van der Waals surface area contributed by atoms with E-state index in [1.54, 1.807) is 0 Å². The van der Waals surface area contributed by atoms with Crippen molar-refractivity contribution in [2.24, 2.45) is 11.3 Å². The van der Waals surface area contributed by atoms with E-state index in [-0.39, 0.29) is 12.0 Å². The third-order valence-electron chi connectivity index (χ3n) is 3.75. The van der Waals surface area contributed by atoms with Gasteiger partial charge in [0.25, 0.3) is 0 Å². The van der Waals surface area contributed by atoms with Gasteiger partial charge in [-0.2, -0.15) is 0 Å². The molecular weight excluding hydrogens is 246 g/mol. The molecule has 0 radical (unpaired) electrons. The van der Waals surface area contributed by atoms with Crippen molar-refractivity contribution in [3.05, 3.63) is 35.9 Å². The molecule has 2 heteroatoms. The first-order valence-electron chi connectivity index (χ1n) is 7.84. The van der Waals surface area contributed by atoms with Crippen LogP contribution in [0.1, 0.15) is 58.6 Å². The summed E-state index contributed by atoms with van der Waals surface area (Å²) in [6.45, 7) is 10.4. The monoisotopic (exact) mass is 277 g/mol. The lowest BCUT2D eigenvalue weighted by molar-refractivity contribution is 0.229. The molecule has 1 aromatic rings. The van der Waals surface area contributed by atoms with E-state index in [1.807, 2.05) is 0 Å². The van der Waals surface area contributed by atoms with E-state index in [9.17, 15) is 0 Å². The number of aliphatic hydroxyl groups excluding tert-OH is 1. The van der Waals surface area contributed by atoms with Crippen molar-refractivity contribution in [3.63, 3.8) is 0 Å². The number of aliphatic hydroxyl groups is 1. The third-order valence-corrected chi connectivity index (χ3v) is 3.75. The molecule has 2 nitrogen and oxygen atoms in total. The lowest BCUT2D eigenvalue weighted by Gasteiger charge is -2.29. The standard InChI is InChI=1S/C18H31NO/c1-15(2)13-17(16-9-6-5-7-10-16)19-14-18(3,4)11-8-12-20/h5-7,9-10,15,17,19-20H,8,11-14H2,1-4H3. The lowest BCUT2D eigenvalue weighted by Crippen LogP contribution is -2.33. The zero-order chi connectivity index (χ0) is 15.0.